The molecule has 0 saturated carbocycles. The Bertz CT molecular complexity index is 1630. The molecule has 4 aromatic rings. The summed E-state index contributed by atoms with van der Waals surface area (Å²) in [7, 11) is 0. The van der Waals surface area contributed by atoms with Crippen molar-refractivity contribution in [2.45, 2.75) is 26.3 Å². The third kappa shape index (κ3) is 5.63. The Balaban J connectivity index is 1.53. The number of carboxylic acid groups (broad SMARTS) is 1. The first kappa shape index (κ1) is 27.2. The lowest BCUT2D eigenvalue weighted by atomic mass is 10.0. The molecule has 8 nitrogen and oxygen atoms in total. The molecule has 2 N–H and O–H groups in total. The molecule has 0 spiro atoms. The van der Waals surface area contributed by atoms with Crippen LogP contribution in [-0.4, -0.2) is 47.1 Å². The maximum atomic E-state index is 13.6. The van der Waals surface area contributed by atoms with Crippen molar-refractivity contribution in [2.24, 2.45) is 0 Å². The molecule has 1 aromatic heterocycles. The average molecular weight is 572 g/mol. The number of aryl methyl sites for hydroxylation is 2. The zero-order valence-corrected chi connectivity index (χ0v) is 23.3. The number of phenols is 1. The van der Waals surface area contributed by atoms with Gasteiger partial charge in [-0.25, -0.2) is 4.79 Å². The molecular formula is C30H25N3O5S2. The van der Waals surface area contributed by atoms with Crippen molar-refractivity contribution in [1.82, 2.24) is 14.7 Å². The number of thiocarbonyl (C=S) groups is 1. The molecule has 1 aliphatic heterocycles. The van der Waals surface area contributed by atoms with Gasteiger partial charge in [0.1, 0.15) is 21.9 Å². The van der Waals surface area contributed by atoms with Gasteiger partial charge in [-0.2, -0.15) is 9.78 Å². The number of hydrogen-bond acceptors (Lipinski definition) is 7. The van der Waals surface area contributed by atoms with E-state index in [2.05, 4.69) is 0 Å². The molecule has 0 radical (unpaired) electrons. The van der Waals surface area contributed by atoms with E-state index in [4.69, 9.17) is 22.1 Å². The van der Waals surface area contributed by atoms with Crippen LogP contribution in [0.4, 0.5) is 0 Å². The molecule has 1 fully saturated rings. The van der Waals surface area contributed by atoms with Crippen LogP contribution in [0.2, 0.25) is 0 Å². The second-order valence-corrected chi connectivity index (χ2v) is 10.9. The van der Waals surface area contributed by atoms with Gasteiger partial charge >= 0.3 is 5.97 Å². The van der Waals surface area contributed by atoms with Gasteiger partial charge in [0.25, 0.3) is 5.91 Å². The van der Waals surface area contributed by atoms with Crippen molar-refractivity contribution in [3.8, 4) is 23.1 Å². The van der Waals surface area contributed by atoms with E-state index in [9.17, 15) is 19.8 Å². The highest BCUT2D eigenvalue weighted by Crippen LogP contribution is 2.39. The third-order valence-electron chi connectivity index (χ3n) is 6.33. The second kappa shape index (κ2) is 11.4. The Kier molecular flexibility index (Phi) is 7.72. The molecule has 1 aliphatic rings. The molecule has 5 rings (SSSR count). The SMILES string of the molecule is Cc1cccc(Oc2c(/C=C3\SC(=S)N([C@@H](Cc4ccc(O)cc4)C(=O)O)C3=O)c(C)nn2-c2ccccc2)c1. The molecule has 202 valence electrons. The number of phenolic OH excluding ortho intramolecular Hbond substituents is 1. The topological polar surface area (TPSA) is 105 Å². The van der Waals surface area contributed by atoms with Crippen LogP contribution in [0.15, 0.2) is 83.8 Å². The number of thioether (sulfide) groups is 1. The Morgan fingerprint density at radius 2 is 1.80 bits per heavy atom. The van der Waals surface area contributed by atoms with Gasteiger partial charge in [0.15, 0.2) is 0 Å². The number of amides is 1. The number of aromatic hydroxyl groups is 1. The number of carbonyl (C=O) groups is 2. The van der Waals surface area contributed by atoms with E-state index < -0.39 is 17.9 Å². The first-order valence-electron chi connectivity index (χ1n) is 12.4. The summed E-state index contributed by atoms with van der Waals surface area (Å²) in [4.78, 5) is 27.2. The van der Waals surface area contributed by atoms with Crippen LogP contribution >= 0.6 is 24.0 Å². The van der Waals surface area contributed by atoms with Crippen LogP contribution in [0, 0.1) is 13.8 Å². The zero-order chi connectivity index (χ0) is 28.4. The van der Waals surface area contributed by atoms with Gasteiger partial charge < -0.3 is 14.9 Å². The van der Waals surface area contributed by atoms with Crippen LogP contribution in [0.25, 0.3) is 11.8 Å². The van der Waals surface area contributed by atoms with Crippen molar-refractivity contribution in [1.29, 1.82) is 0 Å². The summed E-state index contributed by atoms with van der Waals surface area (Å²) < 4.78 is 8.17. The van der Waals surface area contributed by atoms with Crippen LogP contribution in [0.1, 0.15) is 22.4 Å². The first-order valence-corrected chi connectivity index (χ1v) is 13.6. The minimum atomic E-state index is -1.21. The van der Waals surface area contributed by atoms with Crippen LogP contribution < -0.4 is 4.74 Å². The molecule has 1 saturated heterocycles. The predicted octanol–water partition coefficient (Wildman–Crippen LogP) is 5.88. The van der Waals surface area contributed by atoms with E-state index in [1.807, 2.05) is 68.4 Å². The lowest BCUT2D eigenvalue weighted by molar-refractivity contribution is -0.145. The lowest BCUT2D eigenvalue weighted by Crippen LogP contribution is -2.45. The van der Waals surface area contributed by atoms with E-state index in [0.29, 0.717) is 28.5 Å². The van der Waals surface area contributed by atoms with Gasteiger partial charge in [-0.3, -0.25) is 9.69 Å². The molecular weight excluding hydrogens is 546 g/mol. The molecule has 0 unspecified atom stereocenters. The van der Waals surface area contributed by atoms with Crippen LogP contribution in [0.3, 0.4) is 0 Å². The Morgan fingerprint density at radius 3 is 2.48 bits per heavy atom. The number of para-hydroxylation sites is 1. The maximum absolute atomic E-state index is 13.6. The van der Waals surface area contributed by atoms with Gasteiger partial charge in [-0.15, -0.1) is 0 Å². The fourth-order valence-electron chi connectivity index (χ4n) is 4.34. The minimum absolute atomic E-state index is 0.0298. The summed E-state index contributed by atoms with van der Waals surface area (Å²) in [6.07, 6.45) is 1.69. The third-order valence-corrected chi connectivity index (χ3v) is 7.66. The van der Waals surface area contributed by atoms with Gasteiger partial charge in [0.05, 0.1) is 21.8 Å². The number of carbonyl (C=O) groups excluding carboxylic acids is 1. The number of rotatable bonds is 8. The normalized spacial score (nSPS) is 15.1. The number of carboxylic acids is 1. The van der Waals surface area contributed by atoms with Gasteiger partial charge in [-0.1, -0.05) is 66.4 Å². The first-order chi connectivity index (χ1) is 19.2. The standard InChI is InChI=1S/C30H25N3O5S2/c1-18-7-6-10-23(15-18)38-28-24(19(2)31-33(28)21-8-4-3-5-9-21)17-26-27(35)32(30(39)40-26)25(29(36)37)16-20-11-13-22(34)14-12-20/h3-15,17,25,34H,16H2,1-2H3,(H,36,37)/b26-17-/t25-/m0/s1. The van der Waals surface area contributed by atoms with Gasteiger partial charge in [0.2, 0.25) is 5.88 Å². The summed E-state index contributed by atoms with van der Waals surface area (Å²) in [6, 6.07) is 22.1. The highest BCUT2D eigenvalue weighted by Gasteiger charge is 2.41. The molecule has 3 aromatic carbocycles. The molecule has 1 amide bonds. The molecule has 0 bridgehead atoms. The quantitative estimate of drug-likeness (QED) is 0.199. The fraction of sp³-hybridized carbons (Fsp3) is 0.133. The Hall–Kier alpha value is -4.41. The number of benzene rings is 3. The predicted molar refractivity (Wildman–Crippen MR) is 158 cm³/mol. The van der Waals surface area contributed by atoms with E-state index in [-0.39, 0.29) is 21.4 Å². The minimum Gasteiger partial charge on any atom is -0.508 e. The second-order valence-electron chi connectivity index (χ2n) is 9.25. The van der Waals surface area contributed by atoms with Crippen LogP contribution in [0.5, 0.6) is 17.4 Å². The number of ether oxygens (including phenoxy) is 1. The fourth-order valence-corrected chi connectivity index (χ4v) is 5.68. The monoisotopic (exact) mass is 571 g/mol. The highest BCUT2D eigenvalue weighted by molar-refractivity contribution is 8.26. The summed E-state index contributed by atoms with van der Waals surface area (Å²) in [6.45, 7) is 3.79. The number of aliphatic carboxylic acids is 1. The summed E-state index contributed by atoms with van der Waals surface area (Å²) >= 11 is 6.52. The number of hydrogen-bond donors (Lipinski definition) is 2. The Labute approximate surface area is 240 Å². The summed E-state index contributed by atoms with van der Waals surface area (Å²) in [5, 5.41) is 24.3. The molecule has 10 heteroatoms. The number of nitrogens with zero attached hydrogens (tertiary/aromatic N) is 3. The van der Waals surface area contributed by atoms with E-state index in [1.165, 1.54) is 12.1 Å². The van der Waals surface area contributed by atoms with E-state index in [1.54, 1.807) is 22.9 Å². The lowest BCUT2D eigenvalue weighted by Gasteiger charge is -2.23. The molecule has 0 aliphatic carbocycles. The number of aromatic nitrogens is 2. The van der Waals surface area contributed by atoms with Crippen molar-refractivity contribution in [3.63, 3.8) is 0 Å². The van der Waals surface area contributed by atoms with Crippen LogP contribution in [-0.2, 0) is 16.0 Å². The van der Waals surface area contributed by atoms with Crippen molar-refractivity contribution in [3.05, 3.63) is 106 Å². The average Bonchev–Trinajstić information content (AvgIpc) is 3.38. The van der Waals surface area contributed by atoms with Gasteiger partial charge in [-0.05, 0) is 67.4 Å². The molecule has 1 atom stereocenters. The molecule has 40 heavy (non-hydrogen) atoms. The highest BCUT2D eigenvalue weighted by atomic mass is 32.2. The van der Waals surface area contributed by atoms with E-state index in [0.717, 1.165) is 27.9 Å². The van der Waals surface area contributed by atoms with Crippen molar-refractivity contribution < 1.29 is 24.5 Å². The Morgan fingerprint density at radius 1 is 1.07 bits per heavy atom. The zero-order valence-electron chi connectivity index (χ0n) is 21.6. The summed E-state index contributed by atoms with van der Waals surface area (Å²) in [5.41, 5.74) is 3.65. The maximum Gasteiger partial charge on any atom is 0.327 e. The van der Waals surface area contributed by atoms with Crippen molar-refractivity contribution >= 4 is 46.3 Å². The molecule has 2 heterocycles. The summed E-state index contributed by atoms with van der Waals surface area (Å²) in [5.74, 6) is -0.589. The largest absolute Gasteiger partial charge is 0.508 e. The van der Waals surface area contributed by atoms with E-state index >= 15 is 0 Å². The smallest absolute Gasteiger partial charge is 0.327 e. The van der Waals surface area contributed by atoms with Crippen molar-refractivity contribution in [2.75, 3.05) is 0 Å². The van der Waals surface area contributed by atoms with Gasteiger partial charge in [0, 0.05) is 6.42 Å².